The van der Waals surface area contributed by atoms with Gasteiger partial charge in [0.15, 0.2) is 11.6 Å². The lowest BCUT2D eigenvalue weighted by atomic mass is 9.98. The molecule has 3 aromatic heterocycles. The van der Waals surface area contributed by atoms with Gasteiger partial charge in [-0.05, 0) is 24.6 Å². The molecule has 0 aliphatic heterocycles. The fraction of sp³-hybridized carbons (Fsp3) is 0.182. The molecule has 0 fully saturated rings. The third kappa shape index (κ3) is 4.82. The zero-order valence-corrected chi connectivity index (χ0v) is 18.6. The van der Waals surface area contributed by atoms with Crippen LogP contribution >= 0.6 is 0 Å². The lowest BCUT2D eigenvalue weighted by Gasteiger charge is -2.09. The molecule has 0 aliphatic rings. The van der Waals surface area contributed by atoms with E-state index in [1.807, 2.05) is 6.92 Å². The molecule has 1 unspecified atom stereocenters. The van der Waals surface area contributed by atoms with Crippen LogP contribution in [0.5, 0.6) is 0 Å². The lowest BCUT2D eigenvalue weighted by molar-refractivity contribution is -0.144. The van der Waals surface area contributed by atoms with Gasteiger partial charge in [0.1, 0.15) is 12.2 Å². The predicted molar refractivity (Wildman–Crippen MR) is 120 cm³/mol. The minimum atomic E-state index is -4.70. The number of aromatic amines is 1. The summed E-state index contributed by atoms with van der Waals surface area (Å²) in [5.41, 5.74) is 8.17. The Morgan fingerprint density at radius 1 is 1.19 bits per heavy atom. The maximum absolute atomic E-state index is 13.6. The van der Waals surface area contributed by atoms with Crippen LogP contribution in [0.4, 0.5) is 22.0 Å². The van der Waals surface area contributed by atoms with Crippen LogP contribution in [-0.4, -0.2) is 42.1 Å². The zero-order chi connectivity index (χ0) is 26.0. The maximum Gasteiger partial charge on any atom is 0.451 e. The van der Waals surface area contributed by atoms with Crippen molar-refractivity contribution >= 4 is 12.2 Å². The Kier molecular flexibility index (Phi) is 6.59. The summed E-state index contributed by atoms with van der Waals surface area (Å²) < 4.78 is 66.9. The number of aliphatic imine (C=N–C) groups is 1. The number of alkyl halides is 3. The van der Waals surface area contributed by atoms with Crippen LogP contribution in [0, 0.1) is 17.0 Å². The second-order valence-corrected chi connectivity index (χ2v) is 7.60. The van der Waals surface area contributed by atoms with Gasteiger partial charge in [-0.3, -0.25) is 5.41 Å². The number of H-pyrrole nitrogens is 1. The van der Waals surface area contributed by atoms with Gasteiger partial charge in [-0.1, -0.05) is 12.1 Å². The van der Waals surface area contributed by atoms with E-state index < -0.39 is 23.6 Å². The Bertz CT molecular complexity index is 1420. The van der Waals surface area contributed by atoms with Crippen molar-refractivity contribution in [2.75, 3.05) is 0 Å². The van der Waals surface area contributed by atoms with E-state index in [4.69, 9.17) is 11.1 Å². The molecule has 0 saturated carbocycles. The van der Waals surface area contributed by atoms with Gasteiger partial charge in [-0.15, -0.1) is 5.10 Å². The van der Waals surface area contributed by atoms with Crippen LogP contribution in [0.15, 0.2) is 47.8 Å². The van der Waals surface area contributed by atoms with Crippen LogP contribution < -0.4 is 5.73 Å². The average Bonchev–Trinajstić information content (AvgIpc) is 3.50. The molecule has 0 amide bonds. The number of nitrogens with one attached hydrogen (secondary N) is 2. The van der Waals surface area contributed by atoms with E-state index >= 15 is 0 Å². The highest BCUT2D eigenvalue weighted by Gasteiger charge is 2.34. The first kappa shape index (κ1) is 24.6. The standard InChI is InChI=1S/C22H18F5N9/c1-2-13(18-9-36(35-34-18)12-3-4-15(23)16(24)5-12)17-6-14(19(33-17)20(29)32-10-28)11-7-30-21(31-8-11)22(25,26)27/h3-10,13,33H,2H2,1H3,(H3,28,29,32). The Hall–Kier alpha value is -4.49. The summed E-state index contributed by atoms with van der Waals surface area (Å²) in [6, 6.07) is 4.96. The highest BCUT2D eigenvalue weighted by molar-refractivity contribution is 6.04. The Balaban J connectivity index is 1.75. The summed E-state index contributed by atoms with van der Waals surface area (Å²) in [7, 11) is 0. The molecular formula is C22H18F5N9. The van der Waals surface area contributed by atoms with Crippen LogP contribution in [0.3, 0.4) is 0 Å². The number of hydrogen-bond acceptors (Lipinski definition) is 5. The molecule has 36 heavy (non-hydrogen) atoms. The van der Waals surface area contributed by atoms with Crippen LogP contribution in [0.2, 0.25) is 0 Å². The first-order valence-electron chi connectivity index (χ1n) is 10.4. The first-order valence-corrected chi connectivity index (χ1v) is 10.4. The summed E-state index contributed by atoms with van der Waals surface area (Å²) >= 11 is 0. The summed E-state index contributed by atoms with van der Waals surface area (Å²) in [5, 5.41) is 15.4. The fourth-order valence-corrected chi connectivity index (χ4v) is 3.62. The van der Waals surface area contributed by atoms with E-state index in [2.05, 4.69) is 30.3 Å². The lowest BCUT2D eigenvalue weighted by Crippen LogP contribution is -2.16. The SMILES string of the molecule is CCC(c1cn(-c2ccc(F)c(F)c2)nn1)c1cc(-c2cnc(C(F)(F)F)nc2)c(C(N)=NC=N)[nH]1. The van der Waals surface area contributed by atoms with Crippen molar-refractivity contribution in [3.8, 4) is 16.8 Å². The molecule has 4 aromatic rings. The van der Waals surface area contributed by atoms with Crippen molar-refractivity contribution in [1.82, 2.24) is 29.9 Å². The Morgan fingerprint density at radius 3 is 2.53 bits per heavy atom. The van der Waals surface area contributed by atoms with Crippen molar-refractivity contribution in [3.05, 3.63) is 77.4 Å². The normalized spacial score (nSPS) is 13.1. The van der Waals surface area contributed by atoms with Crippen molar-refractivity contribution in [3.63, 3.8) is 0 Å². The molecule has 0 saturated heterocycles. The molecule has 0 radical (unpaired) electrons. The quantitative estimate of drug-likeness (QED) is 0.197. The van der Waals surface area contributed by atoms with E-state index in [9.17, 15) is 22.0 Å². The number of hydrogen-bond donors (Lipinski definition) is 3. The van der Waals surface area contributed by atoms with Gasteiger partial charge in [-0.25, -0.2) is 28.4 Å². The molecule has 9 nitrogen and oxygen atoms in total. The number of nitrogens with two attached hydrogens (primary N) is 1. The Labute approximate surface area is 200 Å². The molecule has 3 heterocycles. The monoisotopic (exact) mass is 503 g/mol. The van der Waals surface area contributed by atoms with Gasteiger partial charge in [0.05, 0.1) is 23.3 Å². The highest BCUT2D eigenvalue weighted by Crippen LogP contribution is 2.33. The molecule has 4 N–H and O–H groups in total. The summed E-state index contributed by atoms with van der Waals surface area (Å²) in [6.45, 7) is 1.87. The summed E-state index contributed by atoms with van der Waals surface area (Å²) in [4.78, 5) is 13.6. The number of aromatic nitrogens is 6. The van der Waals surface area contributed by atoms with E-state index in [0.29, 0.717) is 23.4 Å². The van der Waals surface area contributed by atoms with Crippen molar-refractivity contribution in [2.45, 2.75) is 25.4 Å². The fourth-order valence-electron chi connectivity index (χ4n) is 3.62. The molecule has 186 valence electrons. The smallest absolute Gasteiger partial charge is 0.382 e. The van der Waals surface area contributed by atoms with Gasteiger partial charge >= 0.3 is 6.18 Å². The van der Waals surface area contributed by atoms with Crippen molar-refractivity contribution in [1.29, 1.82) is 5.41 Å². The highest BCUT2D eigenvalue weighted by atomic mass is 19.4. The van der Waals surface area contributed by atoms with Gasteiger partial charge in [-0.2, -0.15) is 13.2 Å². The number of halogens is 5. The average molecular weight is 503 g/mol. The zero-order valence-electron chi connectivity index (χ0n) is 18.6. The topological polar surface area (TPSA) is 135 Å². The molecule has 0 spiro atoms. The molecule has 1 atom stereocenters. The molecule has 0 aliphatic carbocycles. The molecule has 14 heteroatoms. The van der Waals surface area contributed by atoms with E-state index in [0.717, 1.165) is 30.9 Å². The second kappa shape index (κ2) is 9.64. The minimum Gasteiger partial charge on any atom is -0.382 e. The van der Waals surface area contributed by atoms with Crippen molar-refractivity contribution in [2.24, 2.45) is 10.7 Å². The second-order valence-electron chi connectivity index (χ2n) is 7.60. The van der Waals surface area contributed by atoms with Crippen LogP contribution in [0.1, 0.15) is 42.2 Å². The van der Waals surface area contributed by atoms with E-state index in [-0.39, 0.29) is 28.7 Å². The van der Waals surface area contributed by atoms with E-state index in [1.165, 1.54) is 10.7 Å². The number of amidine groups is 1. The number of nitrogens with zero attached hydrogens (tertiary/aromatic N) is 6. The van der Waals surface area contributed by atoms with Gasteiger partial charge in [0.2, 0.25) is 5.82 Å². The molecular weight excluding hydrogens is 485 g/mol. The number of benzene rings is 1. The van der Waals surface area contributed by atoms with Gasteiger partial charge in [0, 0.05) is 41.2 Å². The third-order valence-electron chi connectivity index (χ3n) is 5.33. The van der Waals surface area contributed by atoms with Crippen LogP contribution in [-0.2, 0) is 6.18 Å². The van der Waals surface area contributed by atoms with E-state index in [1.54, 1.807) is 12.3 Å². The summed E-state index contributed by atoms with van der Waals surface area (Å²) in [5.74, 6) is -3.78. The van der Waals surface area contributed by atoms with Crippen LogP contribution in [0.25, 0.3) is 16.8 Å². The van der Waals surface area contributed by atoms with Gasteiger partial charge in [0.25, 0.3) is 0 Å². The van der Waals surface area contributed by atoms with Crippen molar-refractivity contribution < 1.29 is 22.0 Å². The Morgan fingerprint density at radius 2 is 1.92 bits per heavy atom. The first-order chi connectivity index (χ1) is 17.1. The minimum absolute atomic E-state index is 0.0774. The summed E-state index contributed by atoms with van der Waals surface area (Å²) in [6.07, 6.45) is 0.137. The molecule has 0 bridgehead atoms. The maximum atomic E-state index is 13.6. The largest absolute Gasteiger partial charge is 0.451 e. The number of rotatable bonds is 7. The molecule has 4 rings (SSSR count). The third-order valence-corrected chi connectivity index (χ3v) is 5.33. The predicted octanol–water partition coefficient (Wildman–Crippen LogP) is 4.20. The molecule has 1 aromatic carbocycles. The van der Waals surface area contributed by atoms with Gasteiger partial charge < -0.3 is 10.7 Å².